The van der Waals surface area contributed by atoms with E-state index >= 15 is 0 Å². The molecule has 0 aromatic rings. The Morgan fingerprint density at radius 3 is 2.40 bits per heavy atom. The summed E-state index contributed by atoms with van der Waals surface area (Å²) in [5, 5.41) is 6.28. The van der Waals surface area contributed by atoms with Crippen LogP contribution in [0, 0.1) is 5.92 Å². The number of likely N-dealkylation sites (N-methyl/N-ethyl adjacent to an activating group) is 1. The first-order chi connectivity index (χ1) is 4.68. The highest BCUT2D eigenvalue weighted by molar-refractivity contribution is 4.93. The van der Waals surface area contributed by atoms with Crippen LogP contribution in [0.2, 0.25) is 0 Å². The lowest BCUT2D eigenvalue weighted by molar-refractivity contribution is 0.636. The van der Waals surface area contributed by atoms with Gasteiger partial charge in [-0.25, -0.2) is 0 Å². The zero-order valence-electron chi connectivity index (χ0n) is 7.20. The van der Waals surface area contributed by atoms with E-state index in [-0.39, 0.29) is 0 Å². The molecule has 0 heterocycles. The van der Waals surface area contributed by atoms with Crippen molar-refractivity contribution in [2.24, 2.45) is 5.92 Å². The summed E-state index contributed by atoms with van der Waals surface area (Å²) in [6.45, 7) is 10.1. The molecule has 0 aliphatic carbocycles. The summed E-state index contributed by atoms with van der Waals surface area (Å²) >= 11 is 0. The molecule has 0 radical (unpaired) electrons. The lowest BCUT2D eigenvalue weighted by Crippen LogP contribution is -2.25. The van der Waals surface area contributed by atoms with Gasteiger partial charge >= 0.3 is 0 Å². The number of allylic oxidation sites excluding steroid dienone is 1. The average molecular weight is 142 g/mol. The van der Waals surface area contributed by atoms with Gasteiger partial charge < -0.3 is 10.6 Å². The third-order valence-electron chi connectivity index (χ3n) is 1.42. The molecule has 0 bridgehead atoms. The molecule has 0 aliphatic rings. The molecule has 0 spiro atoms. The summed E-state index contributed by atoms with van der Waals surface area (Å²) in [5.74, 6) is 0.539. The van der Waals surface area contributed by atoms with Gasteiger partial charge in [0, 0.05) is 18.8 Å². The number of nitrogens with one attached hydrogen (secondary N) is 2. The zero-order chi connectivity index (χ0) is 7.98. The molecule has 0 rings (SSSR count). The van der Waals surface area contributed by atoms with Crippen LogP contribution in [-0.2, 0) is 0 Å². The summed E-state index contributed by atoms with van der Waals surface area (Å²) in [4.78, 5) is 0. The van der Waals surface area contributed by atoms with Gasteiger partial charge in [-0.2, -0.15) is 0 Å². The van der Waals surface area contributed by atoms with Crippen LogP contribution in [0.1, 0.15) is 13.8 Å². The van der Waals surface area contributed by atoms with E-state index in [1.165, 1.54) is 0 Å². The fourth-order valence-corrected chi connectivity index (χ4v) is 0.552. The molecule has 2 nitrogen and oxygen atoms in total. The third kappa shape index (κ3) is 4.39. The fraction of sp³-hybridized carbons (Fsp3) is 0.750. The van der Waals surface area contributed by atoms with Gasteiger partial charge in [0.2, 0.25) is 0 Å². The van der Waals surface area contributed by atoms with Gasteiger partial charge in [0.05, 0.1) is 0 Å². The van der Waals surface area contributed by atoms with Crippen molar-refractivity contribution >= 4 is 0 Å². The second-order valence-electron chi connectivity index (χ2n) is 2.71. The number of hydrogen-bond donors (Lipinski definition) is 2. The summed E-state index contributed by atoms with van der Waals surface area (Å²) in [6.07, 6.45) is 0. The highest BCUT2D eigenvalue weighted by Gasteiger charge is 1.96. The van der Waals surface area contributed by atoms with Crippen molar-refractivity contribution < 1.29 is 0 Å². The van der Waals surface area contributed by atoms with Crippen molar-refractivity contribution in [2.45, 2.75) is 13.8 Å². The summed E-state index contributed by atoms with van der Waals surface area (Å²) in [7, 11) is 1.94. The minimum atomic E-state index is 0.539. The Morgan fingerprint density at radius 2 is 2.00 bits per heavy atom. The van der Waals surface area contributed by atoms with Crippen LogP contribution < -0.4 is 10.6 Å². The van der Waals surface area contributed by atoms with Gasteiger partial charge in [0.15, 0.2) is 0 Å². The molecule has 60 valence electrons. The molecule has 0 amide bonds. The van der Waals surface area contributed by atoms with E-state index in [0.29, 0.717) is 5.92 Å². The van der Waals surface area contributed by atoms with Crippen molar-refractivity contribution in [3.8, 4) is 0 Å². The maximum atomic E-state index is 3.89. The monoisotopic (exact) mass is 142 g/mol. The fourth-order valence-electron chi connectivity index (χ4n) is 0.552. The summed E-state index contributed by atoms with van der Waals surface area (Å²) < 4.78 is 0. The van der Waals surface area contributed by atoms with E-state index in [0.717, 1.165) is 18.8 Å². The predicted molar refractivity (Wildman–Crippen MR) is 45.9 cm³/mol. The minimum absolute atomic E-state index is 0.539. The van der Waals surface area contributed by atoms with Crippen molar-refractivity contribution in [3.63, 3.8) is 0 Å². The molecule has 0 aliphatic heterocycles. The topological polar surface area (TPSA) is 24.1 Å². The Hall–Kier alpha value is -0.500. The van der Waals surface area contributed by atoms with Crippen LogP contribution in [-0.4, -0.2) is 20.1 Å². The largest absolute Gasteiger partial charge is 0.387 e. The van der Waals surface area contributed by atoms with E-state index in [9.17, 15) is 0 Å². The molecule has 2 heteroatoms. The first-order valence-electron chi connectivity index (χ1n) is 3.75. The number of rotatable bonds is 5. The lowest BCUT2D eigenvalue weighted by Gasteiger charge is -2.11. The average Bonchev–Trinajstić information content (AvgIpc) is 1.88. The number of hydrogen-bond acceptors (Lipinski definition) is 2. The molecule has 0 atom stereocenters. The van der Waals surface area contributed by atoms with Crippen molar-refractivity contribution in [3.05, 3.63) is 12.3 Å². The van der Waals surface area contributed by atoms with E-state index in [2.05, 4.69) is 31.1 Å². The van der Waals surface area contributed by atoms with Gasteiger partial charge in [-0.1, -0.05) is 20.4 Å². The second kappa shape index (κ2) is 5.30. The summed E-state index contributed by atoms with van der Waals surface area (Å²) in [6, 6.07) is 0. The third-order valence-corrected chi connectivity index (χ3v) is 1.42. The van der Waals surface area contributed by atoms with Gasteiger partial charge in [0.1, 0.15) is 0 Å². The highest BCUT2D eigenvalue weighted by atomic mass is 14.9. The normalized spacial score (nSPS) is 10.0. The molecule has 0 aromatic heterocycles. The van der Waals surface area contributed by atoms with E-state index in [4.69, 9.17) is 0 Å². The highest BCUT2D eigenvalue weighted by Crippen LogP contribution is 2.00. The first kappa shape index (κ1) is 9.50. The van der Waals surface area contributed by atoms with Crippen LogP contribution in [0.3, 0.4) is 0 Å². The van der Waals surface area contributed by atoms with Gasteiger partial charge in [0.25, 0.3) is 0 Å². The predicted octanol–water partition coefficient (Wildman–Crippen LogP) is 0.965. The SMILES string of the molecule is C=C(NCCNC)C(C)C. The van der Waals surface area contributed by atoms with E-state index < -0.39 is 0 Å². The standard InChI is InChI=1S/C8H18N2/c1-7(2)8(3)10-6-5-9-4/h7,9-10H,3,5-6H2,1-2,4H3. The van der Waals surface area contributed by atoms with Crippen molar-refractivity contribution in [1.82, 2.24) is 10.6 Å². The lowest BCUT2D eigenvalue weighted by atomic mass is 10.1. The van der Waals surface area contributed by atoms with Gasteiger partial charge in [-0.3, -0.25) is 0 Å². The molecule has 2 N–H and O–H groups in total. The quantitative estimate of drug-likeness (QED) is 0.559. The molecule has 0 aromatic carbocycles. The van der Waals surface area contributed by atoms with Crippen LogP contribution in [0.25, 0.3) is 0 Å². The zero-order valence-corrected chi connectivity index (χ0v) is 7.20. The smallest absolute Gasteiger partial charge is 0.0269 e. The van der Waals surface area contributed by atoms with Crippen LogP contribution in [0.4, 0.5) is 0 Å². The molecule has 10 heavy (non-hydrogen) atoms. The Labute approximate surface area is 63.7 Å². The van der Waals surface area contributed by atoms with Crippen molar-refractivity contribution in [2.75, 3.05) is 20.1 Å². The van der Waals surface area contributed by atoms with Crippen LogP contribution in [0.15, 0.2) is 12.3 Å². The summed E-state index contributed by atoms with van der Waals surface area (Å²) in [5.41, 5.74) is 1.12. The Morgan fingerprint density at radius 1 is 1.40 bits per heavy atom. The maximum Gasteiger partial charge on any atom is 0.0269 e. The van der Waals surface area contributed by atoms with E-state index in [1.807, 2.05) is 7.05 Å². The molecule has 0 fully saturated rings. The molecule has 0 unspecified atom stereocenters. The van der Waals surface area contributed by atoms with Gasteiger partial charge in [-0.05, 0) is 13.0 Å². The Bertz CT molecular complexity index is 97.4. The molecule has 0 saturated carbocycles. The van der Waals surface area contributed by atoms with E-state index in [1.54, 1.807) is 0 Å². The Balaban J connectivity index is 3.22. The Kier molecular flexibility index (Phi) is 5.03. The van der Waals surface area contributed by atoms with Crippen molar-refractivity contribution in [1.29, 1.82) is 0 Å². The first-order valence-corrected chi connectivity index (χ1v) is 3.75. The molecular weight excluding hydrogens is 124 g/mol. The second-order valence-corrected chi connectivity index (χ2v) is 2.71. The molecule has 0 saturated heterocycles. The van der Waals surface area contributed by atoms with Crippen LogP contribution >= 0.6 is 0 Å². The maximum absolute atomic E-state index is 3.89. The van der Waals surface area contributed by atoms with Crippen LogP contribution in [0.5, 0.6) is 0 Å². The minimum Gasteiger partial charge on any atom is -0.387 e. The molecular formula is C8H18N2. The van der Waals surface area contributed by atoms with Gasteiger partial charge in [-0.15, -0.1) is 0 Å².